The lowest BCUT2D eigenvalue weighted by molar-refractivity contribution is -0.137. The summed E-state index contributed by atoms with van der Waals surface area (Å²) in [7, 11) is 0. The molecule has 0 saturated heterocycles. The van der Waals surface area contributed by atoms with Crippen molar-refractivity contribution in [2.75, 3.05) is 6.54 Å². The summed E-state index contributed by atoms with van der Waals surface area (Å²) in [5.41, 5.74) is 0.540. The van der Waals surface area contributed by atoms with Gasteiger partial charge in [0.2, 0.25) is 0 Å². The number of alkyl halides is 3. The van der Waals surface area contributed by atoms with Crippen molar-refractivity contribution in [1.29, 1.82) is 0 Å². The molecule has 0 amide bonds. The van der Waals surface area contributed by atoms with E-state index in [4.69, 9.17) is 0 Å². The Morgan fingerprint density at radius 1 is 1.11 bits per heavy atom. The van der Waals surface area contributed by atoms with Crippen LogP contribution in [0, 0.1) is 0 Å². The zero-order chi connectivity index (χ0) is 19.3. The Labute approximate surface area is 177 Å². The molecular formula is C18H20F3IN6. The molecule has 2 N–H and O–H groups in total. The van der Waals surface area contributed by atoms with Crippen molar-refractivity contribution >= 4 is 35.6 Å². The van der Waals surface area contributed by atoms with Crippen LogP contribution in [0.3, 0.4) is 0 Å². The highest BCUT2D eigenvalue weighted by Gasteiger charge is 2.30. The molecule has 0 aliphatic heterocycles. The number of rotatable bonds is 5. The van der Waals surface area contributed by atoms with E-state index in [9.17, 15) is 13.2 Å². The first kappa shape index (κ1) is 21.9. The summed E-state index contributed by atoms with van der Waals surface area (Å²) in [6, 6.07) is 10.8. The van der Waals surface area contributed by atoms with Crippen molar-refractivity contribution in [2.45, 2.75) is 26.2 Å². The van der Waals surface area contributed by atoms with Gasteiger partial charge in [0.15, 0.2) is 17.4 Å². The van der Waals surface area contributed by atoms with Crippen molar-refractivity contribution in [3.8, 4) is 0 Å². The van der Waals surface area contributed by atoms with Crippen molar-refractivity contribution in [3.63, 3.8) is 0 Å². The minimum atomic E-state index is -4.36. The molecule has 0 aliphatic rings. The van der Waals surface area contributed by atoms with Crippen LogP contribution >= 0.6 is 24.0 Å². The minimum absolute atomic E-state index is 0. The SMILES string of the molecule is CCNC(=NCc1cccc(C(F)(F)F)c1)NCc1nnc2ccccn12.I. The third-order valence-electron chi connectivity index (χ3n) is 3.82. The van der Waals surface area contributed by atoms with Crippen LogP contribution < -0.4 is 10.6 Å². The van der Waals surface area contributed by atoms with Gasteiger partial charge in [-0.3, -0.25) is 4.40 Å². The molecule has 0 aliphatic carbocycles. The molecule has 2 aromatic heterocycles. The van der Waals surface area contributed by atoms with Crippen LogP contribution in [0.15, 0.2) is 53.7 Å². The van der Waals surface area contributed by atoms with Gasteiger partial charge in [0, 0.05) is 12.7 Å². The zero-order valence-electron chi connectivity index (χ0n) is 15.1. The topological polar surface area (TPSA) is 66.6 Å². The highest BCUT2D eigenvalue weighted by molar-refractivity contribution is 14.0. The van der Waals surface area contributed by atoms with Gasteiger partial charge in [-0.05, 0) is 36.8 Å². The maximum absolute atomic E-state index is 12.8. The molecule has 10 heteroatoms. The summed E-state index contributed by atoms with van der Waals surface area (Å²) in [6.07, 6.45) is -2.50. The fourth-order valence-corrected chi connectivity index (χ4v) is 2.53. The third kappa shape index (κ3) is 5.57. The quantitative estimate of drug-likeness (QED) is 0.317. The second-order valence-electron chi connectivity index (χ2n) is 5.79. The van der Waals surface area contributed by atoms with Crippen LogP contribution in [0.4, 0.5) is 13.2 Å². The number of nitrogens with zero attached hydrogens (tertiary/aromatic N) is 4. The molecule has 1 aromatic carbocycles. The number of benzene rings is 1. The molecule has 6 nitrogen and oxygen atoms in total. The maximum Gasteiger partial charge on any atom is 0.416 e. The van der Waals surface area contributed by atoms with E-state index in [1.54, 1.807) is 6.07 Å². The molecule has 2 heterocycles. The Morgan fingerprint density at radius 3 is 2.68 bits per heavy atom. The predicted molar refractivity (Wildman–Crippen MR) is 112 cm³/mol. The number of aliphatic imine (C=N–C) groups is 1. The first-order chi connectivity index (χ1) is 13.0. The lowest BCUT2D eigenvalue weighted by Crippen LogP contribution is -2.37. The molecule has 0 fully saturated rings. The van der Waals surface area contributed by atoms with E-state index < -0.39 is 11.7 Å². The average molecular weight is 504 g/mol. The number of nitrogens with one attached hydrogen (secondary N) is 2. The molecule has 150 valence electrons. The summed E-state index contributed by atoms with van der Waals surface area (Å²) in [5.74, 6) is 1.19. The minimum Gasteiger partial charge on any atom is -0.357 e. The van der Waals surface area contributed by atoms with Crippen LogP contribution in [-0.2, 0) is 19.3 Å². The lowest BCUT2D eigenvalue weighted by Gasteiger charge is -2.11. The number of pyridine rings is 1. The summed E-state index contributed by atoms with van der Waals surface area (Å²) in [4.78, 5) is 4.36. The number of halogens is 4. The number of aromatic nitrogens is 3. The van der Waals surface area contributed by atoms with Crippen molar-refractivity contribution in [3.05, 3.63) is 65.6 Å². The van der Waals surface area contributed by atoms with Crippen molar-refractivity contribution in [1.82, 2.24) is 25.2 Å². The second-order valence-corrected chi connectivity index (χ2v) is 5.79. The van der Waals surface area contributed by atoms with Crippen molar-refractivity contribution < 1.29 is 13.2 Å². The summed E-state index contributed by atoms with van der Waals surface area (Å²) >= 11 is 0. The highest BCUT2D eigenvalue weighted by atomic mass is 127. The predicted octanol–water partition coefficient (Wildman–Crippen LogP) is 3.62. The van der Waals surface area contributed by atoms with Gasteiger partial charge in [0.1, 0.15) is 0 Å². The molecule has 0 unspecified atom stereocenters. The van der Waals surface area contributed by atoms with Gasteiger partial charge >= 0.3 is 6.18 Å². The fraction of sp³-hybridized carbons (Fsp3) is 0.278. The number of hydrogen-bond donors (Lipinski definition) is 2. The Hall–Kier alpha value is -2.37. The third-order valence-corrected chi connectivity index (χ3v) is 3.82. The van der Waals surface area contributed by atoms with Crippen molar-refractivity contribution in [2.24, 2.45) is 4.99 Å². The molecule has 0 radical (unpaired) electrons. The lowest BCUT2D eigenvalue weighted by atomic mass is 10.1. The second kappa shape index (κ2) is 9.71. The highest BCUT2D eigenvalue weighted by Crippen LogP contribution is 2.29. The molecule has 3 rings (SSSR count). The van der Waals surface area contributed by atoms with Gasteiger partial charge in [0.05, 0.1) is 18.7 Å². The number of guanidine groups is 1. The van der Waals surface area contributed by atoms with Crippen LogP contribution in [0.25, 0.3) is 5.65 Å². The van der Waals surface area contributed by atoms with Crippen LogP contribution in [-0.4, -0.2) is 27.1 Å². The van der Waals surface area contributed by atoms with Gasteiger partial charge in [-0.2, -0.15) is 13.2 Å². The van der Waals surface area contributed by atoms with E-state index in [2.05, 4.69) is 25.8 Å². The Balaban J connectivity index is 0.00000280. The molecular weight excluding hydrogens is 484 g/mol. The van der Waals surface area contributed by atoms with E-state index in [0.29, 0.717) is 30.4 Å². The molecule has 3 aromatic rings. The van der Waals surface area contributed by atoms with Crippen LogP contribution in [0.2, 0.25) is 0 Å². The standard InChI is InChI=1S/C18H19F3N6.HI/c1-2-22-17(23-11-13-6-5-7-14(10-13)18(19,20)21)24-12-16-26-25-15-8-3-4-9-27(15)16;/h3-10H,2,11-12H2,1H3,(H2,22,23,24);1H. The van der Waals surface area contributed by atoms with Gasteiger partial charge in [0.25, 0.3) is 0 Å². The van der Waals surface area contributed by atoms with Crippen LogP contribution in [0.1, 0.15) is 23.9 Å². The average Bonchev–Trinajstić information content (AvgIpc) is 3.07. The summed E-state index contributed by atoms with van der Waals surface area (Å²) in [6.45, 7) is 3.03. The van der Waals surface area contributed by atoms with E-state index in [-0.39, 0.29) is 30.5 Å². The van der Waals surface area contributed by atoms with Gasteiger partial charge in [-0.15, -0.1) is 34.2 Å². The smallest absolute Gasteiger partial charge is 0.357 e. The van der Waals surface area contributed by atoms with E-state index in [1.165, 1.54) is 6.07 Å². The zero-order valence-corrected chi connectivity index (χ0v) is 17.4. The monoisotopic (exact) mass is 504 g/mol. The maximum atomic E-state index is 12.8. The van der Waals surface area contributed by atoms with Crippen LogP contribution in [0.5, 0.6) is 0 Å². The Morgan fingerprint density at radius 2 is 1.93 bits per heavy atom. The fourth-order valence-electron chi connectivity index (χ4n) is 2.53. The van der Waals surface area contributed by atoms with E-state index in [0.717, 1.165) is 17.8 Å². The molecule has 0 bridgehead atoms. The van der Waals surface area contributed by atoms with E-state index >= 15 is 0 Å². The Kier molecular flexibility index (Phi) is 7.61. The molecule has 0 atom stereocenters. The first-order valence-electron chi connectivity index (χ1n) is 8.44. The van der Waals surface area contributed by atoms with Gasteiger partial charge < -0.3 is 10.6 Å². The summed E-state index contributed by atoms with van der Waals surface area (Å²) in [5, 5.41) is 14.4. The largest absolute Gasteiger partial charge is 0.416 e. The number of fused-ring (bicyclic) bond motifs is 1. The summed E-state index contributed by atoms with van der Waals surface area (Å²) < 4.78 is 40.3. The normalized spacial score (nSPS) is 11.9. The molecule has 28 heavy (non-hydrogen) atoms. The molecule has 0 spiro atoms. The Bertz CT molecular complexity index is 938. The van der Waals surface area contributed by atoms with Gasteiger partial charge in [-0.1, -0.05) is 18.2 Å². The molecule has 0 saturated carbocycles. The van der Waals surface area contributed by atoms with E-state index in [1.807, 2.05) is 35.7 Å². The first-order valence-corrected chi connectivity index (χ1v) is 8.44. The van der Waals surface area contributed by atoms with Gasteiger partial charge in [-0.25, -0.2) is 4.99 Å². The number of hydrogen-bond acceptors (Lipinski definition) is 3.